The van der Waals surface area contributed by atoms with E-state index in [0.717, 1.165) is 25.9 Å². The highest BCUT2D eigenvalue weighted by molar-refractivity contribution is 5.21. The molecule has 1 rings (SSSR count). The van der Waals surface area contributed by atoms with Crippen molar-refractivity contribution < 1.29 is 0 Å². The van der Waals surface area contributed by atoms with Gasteiger partial charge in [0, 0.05) is 12.1 Å². The van der Waals surface area contributed by atoms with Crippen molar-refractivity contribution in [3.05, 3.63) is 35.4 Å². The predicted octanol–water partition coefficient (Wildman–Crippen LogP) is 2.99. The smallest absolute Gasteiger partial charge is 0.00975 e. The fraction of sp³-hybridized carbons (Fsp3) is 0.625. The zero-order valence-electron chi connectivity index (χ0n) is 12.4. The lowest BCUT2D eigenvalue weighted by molar-refractivity contribution is 0.313. The van der Waals surface area contributed by atoms with E-state index in [9.17, 15) is 0 Å². The van der Waals surface area contributed by atoms with Crippen LogP contribution in [0.2, 0.25) is 0 Å². The van der Waals surface area contributed by atoms with E-state index in [1.165, 1.54) is 17.5 Å². The monoisotopic (exact) mass is 248 g/mol. The predicted molar refractivity (Wildman–Crippen MR) is 79.9 cm³/mol. The average Bonchev–Trinajstić information content (AvgIpc) is 2.26. The molecule has 1 aromatic rings. The van der Waals surface area contributed by atoms with Crippen molar-refractivity contribution in [2.24, 2.45) is 5.73 Å². The third-order valence-corrected chi connectivity index (χ3v) is 3.26. The van der Waals surface area contributed by atoms with Crippen LogP contribution in [0.5, 0.6) is 0 Å². The third kappa shape index (κ3) is 6.77. The molecule has 102 valence electrons. The van der Waals surface area contributed by atoms with Gasteiger partial charge in [-0.15, -0.1) is 0 Å². The fourth-order valence-corrected chi connectivity index (χ4v) is 1.99. The van der Waals surface area contributed by atoms with E-state index in [2.05, 4.69) is 57.0 Å². The quantitative estimate of drug-likeness (QED) is 0.804. The molecule has 0 fully saturated rings. The van der Waals surface area contributed by atoms with Crippen molar-refractivity contribution in [2.45, 2.75) is 45.6 Å². The van der Waals surface area contributed by atoms with Crippen LogP contribution >= 0.6 is 0 Å². The summed E-state index contributed by atoms with van der Waals surface area (Å²) in [6.07, 6.45) is 3.39. The highest BCUT2D eigenvalue weighted by Gasteiger charge is 2.10. The maximum atomic E-state index is 5.98. The normalized spacial score (nSPS) is 12.1. The number of nitrogens with two attached hydrogens (primary N) is 1. The lowest BCUT2D eigenvalue weighted by Crippen LogP contribution is -2.33. The SMILES string of the molecule is Cc1ccc(CCN(C)CCCC(C)(C)N)cc1. The molecule has 0 atom stereocenters. The van der Waals surface area contributed by atoms with Crippen LogP contribution in [-0.4, -0.2) is 30.6 Å². The van der Waals surface area contributed by atoms with Crippen molar-refractivity contribution in [2.75, 3.05) is 20.1 Å². The van der Waals surface area contributed by atoms with Gasteiger partial charge in [-0.1, -0.05) is 29.8 Å². The van der Waals surface area contributed by atoms with E-state index in [1.807, 2.05) is 0 Å². The number of likely N-dealkylation sites (N-methyl/N-ethyl adjacent to an activating group) is 1. The van der Waals surface area contributed by atoms with Crippen LogP contribution in [0.3, 0.4) is 0 Å². The number of nitrogens with zero attached hydrogens (tertiary/aromatic N) is 1. The first-order valence-corrected chi connectivity index (χ1v) is 6.90. The Kier molecular flexibility index (Phi) is 5.83. The number of benzene rings is 1. The van der Waals surface area contributed by atoms with Crippen molar-refractivity contribution in [3.8, 4) is 0 Å². The lowest BCUT2D eigenvalue weighted by Gasteiger charge is -2.21. The number of aryl methyl sites for hydroxylation is 1. The molecule has 0 saturated carbocycles. The van der Waals surface area contributed by atoms with Crippen molar-refractivity contribution in [1.29, 1.82) is 0 Å². The highest BCUT2D eigenvalue weighted by atomic mass is 15.1. The summed E-state index contributed by atoms with van der Waals surface area (Å²) in [4.78, 5) is 2.39. The minimum Gasteiger partial charge on any atom is -0.326 e. The lowest BCUT2D eigenvalue weighted by atomic mass is 10.00. The summed E-state index contributed by atoms with van der Waals surface area (Å²) < 4.78 is 0. The third-order valence-electron chi connectivity index (χ3n) is 3.26. The number of rotatable bonds is 7. The summed E-state index contributed by atoms with van der Waals surface area (Å²) in [5.74, 6) is 0. The molecule has 0 aromatic heterocycles. The Balaban J connectivity index is 2.21. The molecule has 0 heterocycles. The van der Waals surface area contributed by atoms with Crippen LogP contribution < -0.4 is 5.73 Å². The molecular weight excluding hydrogens is 220 g/mol. The van der Waals surface area contributed by atoms with Gasteiger partial charge in [0.05, 0.1) is 0 Å². The van der Waals surface area contributed by atoms with Gasteiger partial charge in [-0.3, -0.25) is 0 Å². The van der Waals surface area contributed by atoms with Gasteiger partial charge in [0.25, 0.3) is 0 Å². The van der Waals surface area contributed by atoms with Gasteiger partial charge < -0.3 is 10.6 Å². The molecular formula is C16H28N2. The molecule has 18 heavy (non-hydrogen) atoms. The van der Waals surface area contributed by atoms with Crippen LogP contribution in [-0.2, 0) is 6.42 Å². The Hall–Kier alpha value is -0.860. The van der Waals surface area contributed by atoms with Crippen LogP contribution in [0.15, 0.2) is 24.3 Å². The van der Waals surface area contributed by atoms with E-state index < -0.39 is 0 Å². The molecule has 0 radical (unpaired) electrons. The summed E-state index contributed by atoms with van der Waals surface area (Å²) in [7, 11) is 2.19. The van der Waals surface area contributed by atoms with E-state index >= 15 is 0 Å². The van der Waals surface area contributed by atoms with Crippen molar-refractivity contribution in [1.82, 2.24) is 4.90 Å². The van der Waals surface area contributed by atoms with Gasteiger partial charge in [-0.05, 0) is 59.2 Å². The van der Waals surface area contributed by atoms with Gasteiger partial charge in [-0.2, -0.15) is 0 Å². The van der Waals surface area contributed by atoms with Gasteiger partial charge in [0.15, 0.2) is 0 Å². The molecule has 2 N–H and O–H groups in total. The van der Waals surface area contributed by atoms with Crippen LogP contribution in [0.1, 0.15) is 37.8 Å². The molecule has 0 aliphatic carbocycles. The van der Waals surface area contributed by atoms with E-state index in [1.54, 1.807) is 0 Å². The van der Waals surface area contributed by atoms with E-state index in [-0.39, 0.29) is 5.54 Å². The second-order valence-electron chi connectivity index (χ2n) is 6.13. The van der Waals surface area contributed by atoms with Gasteiger partial charge in [0.2, 0.25) is 0 Å². The van der Waals surface area contributed by atoms with Crippen LogP contribution in [0, 0.1) is 6.92 Å². The van der Waals surface area contributed by atoms with Crippen molar-refractivity contribution >= 4 is 0 Å². The van der Waals surface area contributed by atoms with E-state index in [4.69, 9.17) is 5.73 Å². The molecule has 0 bridgehead atoms. The first-order chi connectivity index (χ1) is 8.37. The maximum Gasteiger partial charge on any atom is 0.00975 e. The first kappa shape index (κ1) is 15.2. The number of hydrogen-bond donors (Lipinski definition) is 1. The second-order valence-corrected chi connectivity index (χ2v) is 6.13. The Bertz CT molecular complexity index is 335. The first-order valence-electron chi connectivity index (χ1n) is 6.90. The van der Waals surface area contributed by atoms with E-state index in [0.29, 0.717) is 0 Å². The van der Waals surface area contributed by atoms with Crippen molar-refractivity contribution in [3.63, 3.8) is 0 Å². The van der Waals surface area contributed by atoms with Gasteiger partial charge in [-0.25, -0.2) is 0 Å². The zero-order chi connectivity index (χ0) is 13.6. The Morgan fingerprint density at radius 1 is 1.11 bits per heavy atom. The molecule has 0 aliphatic rings. The molecule has 2 nitrogen and oxygen atoms in total. The molecule has 0 aliphatic heterocycles. The maximum absolute atomic E-state index is 5.98. The van der Waals surface area contributed by atoms with Crippen LogP contribution in [0.25, 0.3) is 0 Å². The van der Waals surface area contributed by atoms with Crippen LogP contribution in [0.4, 0.5) is 0 Å². The molecule has 2 heteroatoms. The molecule has 0 unspecified atom stereocenters. The zero-order valence-corrected chi connectivity index (χ0v) is 12.4. The molecule has 0 amide bonds. The fourth-order valence-electron chi connectivity index (χ4n) is 1.99. The topological polar surface area (TPSA) is 29.3 Å². The second kappa shape index (κ2) is 6.91. The summed E-state index contributed by atoms with van der Waals surface area (Å²) >= 11 is 0. The molecule has 0 spiro atoms. The summed E-state index contributed by atoms with van der Waals surface area (Å²) in [6.45, 7) is 8.57. The summed E-state index contributed by atoms with van der Waals surface area (Å²) in [6, 6.07) is 8.83. The average molecular weight is 248 g/mol. The summed E-state index contributed by atoms with van der Waals surface area (Å²) in [5.41, 5.74) is 8.71. The molecule has 0 saturated heterocycles. The Morgan fingerprint density at radius 2 is 1.72 bits per heavy atom. The Morgan fingerprint density at radius 3 is 2.28 bits per heavy atom. The van der Waals surface area contributed by atoms with Gasteiger partial charge in [0.1, 0.15) is 0 Å². The van der Waals surface area contributed by atoms with Gasteiger partial charge >= 0.3 is 0 Å². The minimum atomic E-state index is -0.0300. The standard InChI is InChI=1S/C16H28N2/c1-14-6-8-15(9-7-14)10-13-18(4)12-5-11-16(2,3)17/h6-9H,5,10-13,17H2,1-4H3. The number of hydrogen-bond acceptors (Lipinski definition) is 2. The molecule has 1 aromatic carbocycles. The Labute approximate surface area is 112 Å². The minimum absolute atomic E-state index is 0.0300. The largest absolute Gasteiger partial charge is 0.326 e. The summed E-state index contributed by atoms with van der Waals surface area (Å²) in [5, 5.41) is 0. The highest BCUT2D eigenvalue weighted by Crippen LogP contribution is 2.08.